The first-order chi connectivity index (χ1) is 13.1. The third-order valence-corrected chi connectivity index (χ3v) is 4.63. The summed E-state index contributed by atoms with van der Waals surface area (Å²) < 4.78 is 16.7. The highest BCUT2D eigenvalue weighted by Gasteiger charge is 2.21. The van der Waals surface area contributed by atoms with Gasteiger partial charge in [-0.15, -0.1) is 6.58 Å². The number of guanidine groups is 1. The van der Waals surface area contributed by atoms with E-state index in [0.717, 1.165) is 54.1 Å². The van der Waals surface area contributed by atoms with E-state index in [2.05, 4.69) is 27.9 Å². The van der Waals surface area contributed by atoms with Gasteiger partial charge >= 0.3 is 0 Å². The maximum Gasteiger partial charge on any atom is 0.193 e. The van der Waals surface area contributed by atoms with Gasteiger partial charge in [0.2, 0.25) is 0 Å². The van der Waals surface area contributed by atoms with Crippen molar-refractivity contribution in [2.45, 2.75) is 25.8 Å². The minimum Gasteiger partial charge on any atom is -0.493 e. The molecule has 1 aliphatic carbocycles. The summed E-state index contributed by atoms with van der Waals surface area (Å²) in [6.45, 7) is 6.88. The van der Waals surface area contributed by atoms with Gasteiger partial charge in [0.15, 0.2) is 17.5 Å². The lowest BCUT2D eigenvalue weighted by Crippen LogP contribution is -2.40. The van der Waals surface area contributed by atoms with Crippen LogP contribution < -0.4 is 14.8 Å². The summed E-state index contributed by atoms with van der Waals surface area (Å²) in [7, 11) is 7.13. The molecular weight excluding hydrogens is 342 g/mol. The van der Waals surface area contributed by atoms with E-state index in [0.29, 0.717) is 13.2 Å². The van der Waals surface area contributed by atoms with Crippen LogP contribution in [0.2, 0.25) is 0 Å². The van der Waals surface area contributed by atoms with E-state index < -0.39 is 0 Å². The standard InChI is InChI=1S/C21H33N3O3/c1-6-7-18-12-17(13-19(25-4)20(18)26-5)14-23-21(22-2)24(3)10-11-27-15-16-8-9-16/h6,12-13,16H,1,7-11,14-15H2,2-5H3,(H,22,23). The van der Waals surface area contributed by atoms with Gasteiger partial charge in [-0.2, -0.15) is 0 Å². The lowest BCUT2D eigenvalue weighted by molar-refractivity contribution is 0.115. The predicted molar refractivity (Wildman–Crippen MR) is 110 cm³/mol. The molecular formula is C21H33N3O3. The van der Waals surface area contributed by atoms with Crippen LogP contribution in [-0.2, 0) is 17.7 Å². The van der Waals surface area contributed by atoms with Gasteiger partial charge in [-0.05, 0) is 42.9 Å². The number of nitrogens with zero attached hydrogens (tertiary/aromatic N) is 2. The molecule has 1 fully saturated rings. The first-order valence-corrected chi connectivity index (χ1v) is 9.47. The van der Waals surface area contributed by atoms with Gasteiger partial charge in [-0.25, -0.2) is 0 Å². The van der Waals surface area contributed by atoms with Crippen LogP contribution in [0.15, 0.2) is 29.8 Å². The molecule has 0 radical (unpaired) electrons. The Hall–Kier alpha value is -2.21. The summed E-state index contributed by atoms with van der Waals surface area (Å²) in [6, 6.07) is 4.10. The number of hydrogen-bond donors (Lipinski definition) is 1. The highest BCUT2D eigenvalue weighted by Crippen LogP contribution is 2.33. The first kappa shape index (κ1) is 21.1. The molecule has 27 heavy (non-hydrogen) atoms. The fourth-order valence-electron chi connectivity index (χ4n) is 2.92. The summed E-state index contributed by atoms with van der Waals surface area (Å²) >= 11 is 0. The molecule has 2 rings (SSSR count). The Balaban J connectivity index is 1.93. The van der Waals surface area contributed by atoms with Crippen molar-refractivity contribution >= 4 is 5.96 Å². The van der Waals surface area contributed by atoms with E-state index >= 15 is 0 Å². The number of nitrogens with one attached hydrogen (secondary N) is 1. The van der Waals surface area contributed by atoms with Crippen molar-refractivity contribution in [3.05, 3.63) is 35.9 Å². The second-order valence-corrected chi connectivity index (χ2v) is 6.82. The van der Waals surface area contributed by atoms with Gasteiger partial charge in [0, 0.05) is 39.4 Å². The maximum absolute atomic E-state index is 5.72. The predicted octanol–water partition coefficient (Wildman–Crippen LogP) is 2.87. The fraction of sp³-hybridized carbons (Fsp3) is 0.571. The smallest absolute Gasteiger partial charge is 0.193 e. The zero-order chi connectivity index (χ0) is 19.6. The van der Waals surface area contributed by atoms with E-state index in [1.54, 1.807) is 21.3 Å². The van der Waals surface area contributed by atoms with Gasteiger partial charge in [0.1, 0.15) is 0 Å². The number of allylic oxidation sites excluding steroid dienone is 1. The molecule has 0 heterocycles. The van der Waals surface area contributed by atoms with E-state index in [1.165, 1.54) is 12.8 Å². The Morgan fingerprint density at radius 1 is 1.33 bits per heavy atom. The molecule has 0 bridgehead atoms. The monoisotopic (exact) mass is 375 g/mol. The van der Waals surface area contributed by atoms with Crippen LogP contribution in [0, 0.1) is 5.92 Å². The Bertz CT molecular complexity index is 642. The second-order valence-electron chi connectivity index (χ2n) is 6.82. The Morgan fingerprint density at radius 2 is 2.11 bits per heavy atom. The fourth-order valence-corrected chi connectivity index (χ4v) is 2.92. The van der Waals surface area contributed by atoms with Crippen LogP contribution in [0.3, 0.4) is 0 Å². The highest BCUT2D eigenvalue weighted by molar-refractivity contribution is 5.79. The minimum atomic E-state index is 0.643. The molecule has 1 aromatic rings. The van der Waals surface area contributed by atoms with Crippen LogP contribution >= 0.6 is 0 Å². The van der Waals surface area contributed by atoms with Crippen LogP contribution in [0.4, 0.5) is 0 Å². The molecule has 0 unspecified atom stereocenters. The van der Waals surface area contributed by atoms with Crippen molar-refractivity contribution in [2.24, 2.45) is 10.9 Å². The van der Waals surface area contributed by atoms with Gasteiger partial charge < -0.3 is 24.4 Å². The van der Waals surface area contributed by atoms with E-state index in [-0.39, 0.29) is 0 Å². The maximum atomic E-state index is 5.72. The molecule has 6 heteroatoms. The number of benzene rings is 1. The number of methoxy groups -OCH3 is 2. The molecule has 1 aliphatic rings. The zero-order valence-corrected chi connectivity index (χ0v) is 17.1. The molecule has 1 saturated carbocycles. The molecule has 0 atom stereocenters. The van der Waals surface area contributed by atoms with Crippen molar-refractivity contribution in [2.75, 3.05) is 48.1 Å². The average molecular weight is 376 g/mol. The van der Waals surface area contributed by atoms with Crippen LogP contribution in [0.1, 0.15) is 24.0 Å². The molecule has 6 nitrogen and oxygen atoms in total. The van der Waals surface area contributed by atoms with Crippen molar-refractivity contribution in [3.8, 4) is 11.5 Å². The first-order valence-electron chi connectivity index (χ1n) is 9.47. The largest absolute Gasteiger partial charge is 0.493 e. The van der Waals surface area contributed by atoms with Gasteiger partial charge in [-0.3, -0.25) is 4.99 Å². The van der Waals surface area contributed by atoms with Crippen molar-refractivity contribution in [1.29, 1.82) is 0 Å². The topological polar surface area (TPSA) is 55.3 Å². The van der Waals surface area contributed by atoms with Gasteiger partial charge in [0.05, 0.1) is 20.8 Å². The molecule has 0 spiro atoms. The lowest BCUT2D eigenvalue weighted by Gasteiger charge is -2.22. The van der Waals surface area contributed by atoms with Gasteiger partial charge in [0.25, 0.3) is 0 Å². The lowest BCUT2D eigenvalue weighted by atomic mass is 10.1. The molecule has 0 saturated heterocycles. The SMILES string of the molecule is C=CCc1cc(CNC(=NC)N(C)CCOCC2CC2)cc(OC)c1OC. The van der Waals surface area contributed by atoms with Crippen molar-refractivity contribution in [3.63, 3.8) is 0 Å². The van der Waals surface area contributed by atoms with Crippen LogP contribution in [-0.4, -0.2) is 58.9 Å². The van der Waals surface area contributed by atoms with E-state index in [1.807, 2.05) is 19.2 Å². The number of rotatable bonds is 11. The molecule has 0 aromatic heterocycles. The Morgan fingerprint density at radius 3 is 2.70 bits per heavy atom. The number of ether oxygens (including phenoxy) is 3. The second kappa shape index (κ2) is 10.8. The Kier molecular flexibility index (Phi) is 8.45. The van der Waals surface area contributed by atoms with Crippen LogP contribution in [0.25, 0.3) is 0 Å². The zero-order valence-electron chi connectivity index (χ0n) is 17.1. The summed E-state index contributed by atoms with van der Waals surface area (Å²) in [5.41, 5.74) is 2.16. The van der Waals surface area contributed by atoms with E-state index in [4.69, 9.17) is 14.2 Å². The van der Waals surface area contributed by atoms with Crippen molar-refractivity contribution in [1.82, 2.24) is 10.2 Å². The van der Waals surface area contributed by atoms with Crippen molar-refractivity contribution < 1.29 is 14.2 Å². The molecule has 0 amide bonds. The summed E-state index contributed by atoms with van der Waals surface area (Å²) in [4.78, 5) is 6.45. The normalized spacial score (nSPS) is 14.0. The summed E-state index contributed by atoms with van der Waals surface area (Å²) in [6.07, 6.45) is 5.22. The average Bonchev–Trinajstić information content (AvgIpc) is 3.50. The highest BCUT2D eigenvalue weighted by atomic mass is 16.5. The molecule has 1 aromatic carbocycles. The summed E-state index contributed by atoms with van der Waals surface area (Å²) in [5, 5.41) is 3.40. The van der Waals surface area contributed by atoms with Gasteiger partial charge in [-0.1, -0.05) is 6.08 Å². The number of aliphatic imine (C=N–C) groups is 1. The third kappa shape index (κ3) is 6.47. The molecule has 1 N–H and O–H groups in total. The molecule has 150 valence electrons. The summed E-state index contributed by atoms with van der Waals surface area (Å²) in [5.74, 6) is 3.12. The quantitative estimate of drug-likeness (QED) is 0.279. The number of likely N-dealkylation sites (N-methyl/N-ethyl adjacent to an activating group) is 1. The Labute approximate surface area is 163 Å². The number of hydrogen-bond acceptors (Lipinski definition) is 4. The van der Waals surface area contributed by atoms with Crippen LogP contribution in [0.5, 0.6) is 11.5 Å². The minimum absolute atomic E-state index is 0.643. The van der Waals surface area contributed by atoms with E-state index in [9.17, 15) is 0 Å². The third-order valence-electron chi connectivity index (χ3n) is 4.63. The molecule has 0 aliphatic heterocycles.